The fraction of sp³-hybridized carbons (Fsp3) is 0. The Hall–Kier alpha value is -2.86. The van der Waals surface area contributed by atoms with Crippen molar-refractivity contribution in [3.63, 3.8) is 0 Å². The first-order valence-electron chi connectivity index (χ1n) is 5.70. The quantitative estimate of drug-likeness (QED) is 0.849. The molecule has 0 saturated heterocycles. The summed E-state index contributed by atoms with van der Waals surface area (Å²) < 4.78 is 0. The SMILES string of the molecule is N#Cc1ccc(-c2cccc(/C=C/C(=O)O)c2)cc1. The second-order valence-corrected chi connectivity index (χ2v) is 3.99. The molecule has 92 valence electrons. The van der Waals surface area contributed by atoms with Crippen LogP contribution in [0.4, 0.5) is 0 Å². The highest BCUT2D eigenvalue weighted by Crippen LogP contribution is 2.21. The zero-order valence-corrected chi connectivity index (χ0v) is 10.1. The fourth-order valence-electron chi connectivity index (χ4n) is 1.73. The van der Waals surface area contributed by atoms with Crippen LogP contribution in [-0.2, 0) is 4.79 Å². The van der Waals surface area contributed by atoms with E-state index in [0.29, 0.717) is 5.56 Å². The average molecular weight is 249 g/mol. The van der Waals surface area contributed by atoms with Crippen LogP contribution in [0.2, 0.25) is 0 Å². The van der Waals surface area contributed by atoms with Crippen molar-refractivity contribution in [2.75, 3.05) is 0 Å². The van der Waals surface area contributed by atoms with Gasteiger partial charge in [-0.3, -0.25) is 0 Å². The van der Waals surface area contributed by atoms with Gasteiger partial charge in [0.2, 0.25) is 0 Å². The zero-order chi connectivity index (χ0) is 13.7. The van der Waals surface area contributed by atoms with E-state index < -0.39 is 5.97 Å². The van der Waals surface area contributed by atoms with Gasteiger partial charge in [0.15, 0.2) is 0 Å². The number of carboxylic acids is 1. The van der Waals surface area contributed by atoms with E-state index in [0.717, 1.165) is 22.8 Å². The van der Waals surface area contributed by atoms with Crippen LogP contribution >= 0.6 is 0 Å². The van der Waals surface area contributed by atoms with Crippen LogP contribution in [0, 0.1) is 11.3 Å². The molecule has 0 heterocycles. The van der Waals surface area contributed by atoms with Gasteiger partial charge in [-0.25, -0.2) is 4.79 Å². The Morgan fingerprint density at radius 1 is 1.11 bits per heavy atom. The molecule has 0 aromatic heterocycles. The van der Waals surface area contributed by atoms with Crippen LogP contribution in [0.1, 0.15) is 11.1 Å². The summed E-state index contributed by atoms with van der Waals surface area (Å²) in [6.45, 7) is 0. The molecule has 0 aliphatic carbocycles. The van der Waals surface area contributed by atoms with Gasteiger partial charge in [-0.15, -0.1) is 0 Å². The van der Waals surface area contributed by atoms with Gasteiger partial charge in [-0.1, -0.05) is 30.3 Å². The van der Waals surface area contributed by atoms with E-state index in [2.05, 4.69) is 6.07 Å². The van der Waals surface area contributed by atoms with Gasteiger partial charge >= 0.3 is 5.97 Å². The van der Waals surface area contributed by atoms with E-state index in [1.54, 1.807) is 18.2 Å². The van der Waals surface area contributed by atoms with Gasteiger partial charge in [0, 0.05) is 6.08 Å². The smallest absolute Gasteiger partial charge is 0.328 e. The number of hydrogen-bond donors (Lipinski definition) is 1. The summed E-state index contributed by atoms with van der Waals surface area (Å²) in [4.78, 5) is 10.5. The van der Waals surface area contributed by atoms with Crippen molar-refractivity contribution in [1.29, 1.82) is 5.26 Å². The van der Waals surface area contributed by atoms with Crippen molar-refractivity contribution >= 4 is 12.0 Å². The number of hydrogen-bond acceptors (Lipinski definition) is 2. The van der Waals surface area contributed by atoms with Gasteiger partial charge in [-0.2, -0.15) is 5.26 Å². The summed E-state index contributed by atoms with van der Waals surface area (Å²) in [7, 11) is 0. The third-order valence-corrected chi connectivity index (χ3v) is 2.65. The van der Waals surface area contributed by atoms with Crippen molar-refractivity contribution in [3.05, 3.63) is 65.7 Å². The lowest BCUT2D eigenvalue weighted by atomic mass is 10.0. The predicted octanol–water partition coefficient (Wildman–Crippen LogP) is 3.32. The highest BCUT2D eigenvalue weighted by molar-refractivity contribution is 5.85. The first kappa shape index (κ1) is 12.6. The second kappa shape index (κ2) is 5.65. The van der Waals surface area contributed by atoms with Crippen LogP contribution in [-0.4, -0.2) is 11.1 Å². The molecule has 0 unspecified atom stereocenters. The summed E-state index contributed by atoms with van der Waals surface area (Å²) in [5, 5.41) is 17.4. The molecule has 2 aromatic rings. The lowest BCUT2D eigenvalue weighted by Gasteiger charge is -2.03. The topological polar surface area (TPSA) is 61.1 Å². The first-order chi connectivity index (χ1) is 9.19. The maximum Gasteiger partial charge on any atom is 0.328 e. The second-order valence-electron chi connectivity index (χ2n) is 3.99. The van der Waals surface area contributed by atoms with Gasteiger partial charge in [-0.05, 0) is 41.0 Å². The number of nitriles is 1. The molecule has 19 heavy (non-hydrogen) atoms. The molecule has 2 rings (SSSR count). The van der Waals surface area contributed by atoms with E-state index in [-0.39, 0.29) is 0 Å². The van der Waals surface area contributed by atoms with Crippen molar-refractivity contribution < 1.29 is 9.90 Å². The van der Waals surface area contributed by atoms with Crippen molar-refractivity contribution in [2.24, 2.45) is 0 Å². The number of rotatable bonds is 3. The molecule has 0 radical (unpaired) electrons. The first-order valence-corrected chi connectivity index (χ1v) is 5.70. The summed E-state index contributed by atoms with van der Waals surface area (Å²) >= 11 is 0. The minimum absolute atomic E-state index is 0.616. The predicted molar refractivity (Wildman–Crippen MR) is 73.3 cm³/mol. The molecule has 1 N–H and O–H groups in total. The van der Waals surface area contributed by atoms with Gasteiger partial charge < -0.3 is 5.11 Å². The average Bonchev–Trinajstić information content (AvgIpc) is 2.45. The molecular formula is C16H11NO2. The summed E-state index contributed by atoms with van der Waals surface area (Å²) in [6, 6.07) is 16.9. The molecule has 2 aromatic carbocycles. The Morgan fingerprint density at radius 2 is 1.84 bits per heavy atom. The highest BCUT2D eigenvalue weighted by Gasteiger charge is 1.99. The number of benzene rings is 2. The fourth-order valence-corrected chi connectivity index (χ4v) is 1.73. The lowest BCUT2D eigenvalue weighted by molar-refractivity contribution is -0.131. The molecule has 0 atom stereocenters. The van der Waals surface area contributed by atoms with E-state index in [9.17, 15) is 4.79 Å². The van der Waals surface area contributed by atoms with Crippen LogP contribution in [0.3, 0.4) is 0 Å². The van der Waals surface area contributed by atoms with Crippen LogP contribution in [0.25, 0.3) is 17.2 Å². The van der Waals surface area contributed by atoms with E-state index in [1.807, 2.05) is 36.4 Å². The Balaban J connectivity index is 2.32. The highest BCUT2D eigenvalue weighted by atomic mass is 16.4. The van der Waals surface area contributed by atoms with E-state index in [4.69, 9.17) is 10.4 Å². The van der Waals surface area contributed by atoms with Crippen LogP contribution in [0.5, 0.6) is 0 Å². The lowest BCUT2D eigenvalue weighted by Crippen LogP contribution is -1.86. The van der Waals surface area contributed by atoms with E-state index >= 15 is 0 Å². The maximum absolute atomic E-state index is 10.5. The molecule has 3 nitrogen and oxygen atoms in total. The molecule has 0 aliphatic rings. The normalized spacial score (nSPS) is 10.3. The molecule has 0 fully saturated rings. The van der Waals surface area contributed by atoms with Crippen molar-refractivity contribution in [1.82, 2.24) is 0 Å². The summed E-state index contributed by atoms with van der Waals surface area (Å²) in [5.41, 5.74) is 3.41. The Morgan fingerprint density at radius 3 is 2.47 bits per heavy atom. The molecule has 0 saturated carbocycles. The Labute approximate surface area is 111 Å². The number of aliphatic carboxylic acids is 1. The number of carbonyl (C=O) groups is 1. The monoisotopic (exact) mass is 249 g/mol. The number of carboxylic acid groups (broad SMARTS) is 1. The summed E-state index contributed by atoms with van der Waals surface area (Å²) in [6.07, 6.45) is 2.66. The van der Waals surface area contributed by atoms with Crippen molar-refractivity contribution in [2.45, 2.75) is 0 Å². The van der Waals surface area contributed by atoms with Crippen LogP contribution < -0.4 is 0 Å². The summed E-state index contributed by atoms with van der Waals surface area (Å²) in [5.74, 6) is -0.969. The van der Waals surface area contributed by atoms with Gasteiger partial charge in [0.1, 0.15) is 0 Å². The third-order valence-electron chi connectivity index (χ3n) is 2.65. The molecule has 0 amide bonds. The van der Waals surface area contributed by atoms with Crippen LogP contribution in [0.15, 0.2) is 54.6 Å². The van der Waals surface area contributed by atoms with E-state index in [1.165, 1.54) is 0 Å². The standard InChI is InChI=1S/C16H11NO2/c17-11-13-4-7-14(8-5-13)15-3-1-2-12(10-15)6-9-16(18)19/h1-10H,(H,18,19)/b9-6+. The zero-order valence-electron chi connectivity index (χ0n) is 10.1. The molecule has 3 heteroatoms. The van der Waals surface area contributed by atoms with Crippen molar-refractivity contribution in [3.8, 4) is 17.2 Å². The van der Waals surface area contributed by atoms with Gasteiger partial charge in [0.25, 0.3) is 0 Å². The largest absolute Gasteiger partial charge is 0.478 e. The Bertz CT molecular complexity index is 664. The molecule has 0 aliphatic heterocycles. The molecule has 0 bridgehead atoms. The number of nitrogens with zero attached hydrogens (tertiary/aromatic N) is 1. The third kappa shape index (κ3) is 3.30. The minimum atomic E-state index is -0.969. The minimum Gasteiger partial charge on any atom is -0.478 e. The maximum atomic E-state index is 10.5. The Kier molecular flexibility index (Phi) is 3.75. The molecular weight excluding hydrogens is 238 g/mol. The molecule has 0 spiro atoms. The van der Waals surface area contributed by atoms with Gasteiger partial charge in [0.05, 0.1) is 11.6 Å².